The molecular formula is C20H40N10O4. The molecule has 14 nitrogen and oxygen atoms in total. The summed E-state index contributed by atoms with van der Waals surface area (Å²) in [6, 6.07) is 0.643. The lowest BCUT2D eigenvalue weighted by atomic mass is 9.66. The van der Waals surface area contributed by atoms with Crippen LogP contribution in [-0.4, -0.2) is 85.8 Å². The first-order valence-corrected chi connectivity index (χ1v) is 12.4. The fourth-order valence-electron chi connectivity index (χ4n) is 5.82. The number of aliphatic carboxylic acids is 2. The van der Waals surface area contributed by atoms with Crippen LogP contribution in [0.4, 0.5) is 0 Å². The minimum atomic E-state index is -0.965. The molecule has 0 aromatic heterocycles. The molecule has 0 aromatic carbocycles. The summed E-state index contributed by atoms with van der Waals surface area (Å²) in [6.07, 6.45) is 5.79. The molecule has 0 spiro atoms. The van der Waals surface area contributed by atoms with Gasteiger partial charge in [-0.1, -0.05) is 25.7 Å². The lowest BCUT2D eigenvalue weighted by molar-refractivity contribution is -0.136. The van der Waals surface area contributed by atoms with Crippen molar-refractivity contribution in [1.82, 2.24) is 53.2 Å². The SMILES string of the molecule is O=C(O)CNC1NC(NCC(=O)O)NC(NC2CCCC3CCCC(NC4NCNCN4)C32)N1. The van der Waals surface area contributed by atoms with E-state index in [1.807, 2.05) is 0 Å². The Morgan fingerprint density at radius 3 is 1.74 bits per heavy atom. The average Bonchev–Trinajstić information content (AvgIpc) is 2.82. The van der Waals surface area contributed by atoms with Gasteiger partial charge in [-0.2, -0.15) is 0 Å². The molecule has 194 valence electrons. The molecule has 0 amide bonds. The maximum atomic E-state index is 11.0. The third kappa shape index (κ3) is 7.27. The van der Waals surface area contributed by atoms with Crippen LogP contribution < -0.4 is 53.2 Å². The van der Waals surface area contributed by atoms with Crippen molar-refractivity contribution in [1.29, 1.82) is 0 Å². The van der Waals surface area contributed by atoms with Gasteiger partial charge >= 0.3 is 11.9 Å². The van der Waals surface area contributed by atoms with Crippen LogP contribution in [0.5, 0.6) is 0 Å². The maximum absolute atomic E-state index is 11.0. The lowest BCUT2D eigenvalue weighted by Gasteiger charge is -2.50. The highest BCUT2D eigenvalue weighted by Crippen LogP contribution is 2.41. The molecule has 2 aliphatic heterocycles. The molecule has 34 heavy (non-hydrogen) atoms. The van der Waals surface area contributed by atoms with Crippen molar-refractivity contribution < 1.29 is 19.8 Å². The quantitative estimate of drug-likeness (QED) is 0.146. The standard InChI is InChI=1S/C20H40N10O4/c31-14(32)7-22-18-28-19(23-8-15(33)34)30-20(29-18)27-13-6-2-4-11-3-1-5-12(16(11)13)26-17-24-9-21-10-25-17/h11-13,16-30H,1-10H2,(H,31,32)(H,33,34). The van der Waals surface area contributed by atoms with Gasteiger partial charge in [-0.25, -0.2) is 0 Å². The summed E-state index contributed by atoms with van der Waals surface area (Å²) < 4.78 is 0. The highest BCUT2D eigenvalue weighted by molar-refractivity contribution is 5.69. The Labute approximate surface area is 199 Å². The van der Waals surface area contributed by atoms with E-state index in [4.69, 9.17) is 10.2 Å². The summed E-state index contributed by atoms with van der Waals surface area (Å²) in [7, 11) is 0. The van der Waals surface area contributed by atoms with Gasteiger partial charge in [0.05, 0.1) is 13.1 Å². The molecule has 2 saturated carbocycles. The number of hydrogen-bond acceptors (Lipinski definition) is 12. The van der Waals surface area contributed by atoms with Crippen molar-refractivity contribution in [2.75, 3.05) is 26.4 Å². The number of rotatable bonds is 10. The number of carbonyl (C=O) groups is 2. The first-order valence-electron chi connectivity index (χ1n) is 12.4. The predicted molar refractivity (Wildman–Crippen MR) is 124 cm³/mol. The molecule has 14 heteroatoms. The van der Waals surface area contributed by atoms with Crippen LogP contribution in [0.25, 0.3) is 0 Å². The normalized spacial score (nSPS) is 37.1. The molecule has 2 heterocycles. The minimum absolute atomic E-state index is 0.0805. The molecule has 4 fully saturated rings. The number of carboxylic acid groups (broad SMARTS) is 2. The van der Waals surface area contributed by atoms with Crippen LogP contribution >= 0.6 is 0 Å². The van der Waals surface area contributed by atoms with E-state index in [1.54, 1.807) is 0 Å². The summed E-state index contributed by atoms with van der Waals surface area (Å²) in [4.78, 5) is 22.1. The number of hydrogen-bond donors (Lipinski definition) is 12. The largest absolute Gasteiger partial charge is 0.480 e. The number of carboxylic acids is 2. The lowest BCUT2D eigenvalue weighted by Crippen LogP contribution is -2.79. The second kappa shape index (κ2) is 12.5. The summed E-state index contributed by atoms with van der Waals surface area (Å²) in [5.41, 5.74) is 0. The van der Waals surface area contributed by atoms with Crippen LogP contribution in [0.2, 0.25) is 0 Å². The van der Waals surface area contributed by atoms with E-state index in [2.05, 4.69) is 53.2 Å². The molecule has 0 bridgehead atoms. The third-order valence-electron chi connectivity index (χ3n) is 7.19. The summed E-state index contributed by atoms with van der Waals surface area (Å²) in [5.74, 6) is -0.806. The monoisotopic (exact) mass is 484 g/mol. The van der Waals surface area contributed by atoms with Crippen molar-refractivity contribution in [2.45, 2.75) is 75.8 Å². The van der Waals surface area contributed by atoms with E-state index < -0.39 is 24.5 Å². The van der Waals surface area contributed by atoms with Gasteiger partial charge in [-0.05, 0) is 24.7 Å². The van der Waals surface area contributed by atoms with E-state index in [0.29, 0.717) is 17.9 Å². The van der Waals surface area contributed by atoms with Crippen LogP contribution in [0.3, 0.4) is 0 Å². The van der Waals surface area contributed by atoms with Gasteiger partial charge in [0.2, 0.25) is 0 Å². The molecule has 2 saturated heterocycles. The summed E-state index contributed by atoms with van der Waals surface area (Å²) in [5, 5.41) is 51.2. The van der Waals surface area contributed by atoms with Gasteiger partial charge in [0.25, 0.3) is 0 Å². The fourth-order valence-corrected chi connectivity index (χ4v) is 5.82. The topological polar surface area (TPSA) is 195 Å². The van der Waals surface area contributed by atoms with Gasteiger partial charge in [0.15, 0.2) is 0 Å². The molecule has 6 unspecified atom stereocenters. The highest BCUT2D eigenvalue weighted by atomic mass is 16.4. The number of fused-ring (bicyclic) bond motifs is 1. The van der Waals surface area contributed by atoms with E-state index in [1.165, 1.54) is 25.7 Å². The van der Waals surface area contributed by atoms with Gasteiger partial charge < -0.3 is 10.2 Å². The van der Waals surface area contributed by atoms with Gasteiger partial charge in [-0.3, -0.25) is 62.8 Å². The third-order valence-corrected chi connectivity index (χ3v) is 7.19. The smallest absolute Gasteiger partial charge is 0.317 e. The Bertz CT molecular complexity index is 654. The molecular weight excluding hydrogens is 444 g/mol. The Balaban J connectivity index is 1.40. The van der Waals surface area contributed by atoms with E-state index in [-0.39, 0.29) is 31.7 Å². The second-order valence-corrected chi connectivity index (χ2v) is 9.54. The molecule has 6 atom stereocenters. The molecule has 0 radical (unpaired) electrons. The molecule has 12 N–H and O–H groups in total. The Morgan fingerprint density at radius 2 is 1.21 bits per heavy atom. The van der Waals surface area contributed by atoms with E-state index in [9.17, 15) is 9.59 Å². The van der Waals surface area contributed by atoms with Crippen molar-refractivity contribution in [3.63, 3.8) is 0 Å². The zero-order valence-electron chi connectivity index (χ0n) is 19.4. The van der Waals surface area contributed by atoms with Crippen LogP contribution in [0.1, 0.15) is 38.5 Å². The zero-order chi connectivity index (χ0) is 23.9. The van der Waals surface area contributed by atoms with Crippen molar-refractivity contribution in [2.24, 2.45) is 11.8 Å². The second-order valence-electron chi connectivity index (χ2n) is 9.54. The average molecular weight is 485 g/mol. The highest BCUT2D eigenvalue weighted by Gasteiger charge is 2.42. The van der Waals surface area contributed by atoms with Gasteiger partial charge in [0, 0.05) is 25.4 Å². The molecule has 2 aliphatic carbocycles. The van der Waals surface area contributed by atoms with Crippen molar-refractivity contribution in [3.05, 3.63) is 0 Å². The van der Waals surface area contributed by atoms with Crippen LogP contribution in [0, 0.1) is 11.8 Å². The van der Waals surface area contributed by atoms with Crippen molar-refractivity contribution >= 4 is 11.9 Å². The fraction of sp³-hybridized carbons (Fsp3) is 0.900. The van der Waals surface area contributed by atoms with E-state index in [0.717, 1.165) is 26.2 Å². The first kappa shape index (κ1) is 25.6. The molecule has 4 aliphatic rings. The van der Waals surface area contributed by atoms with Crippen molar-refractivity contribution in [3.8, 4) is 0 Å². The van der Waals surface area contributed by atoms with Crippen LogP contribution in [-0.2, 0) is 9.59 Å². The molecule has 4 rings (SSSR count). The predicted octanol–water partition coefficient (Wildman–Crippen LogP) is -3.53. The Kier molecular flexibility index (Phi) is 9.41. The Morgan fingerprint density at radius 1 is 0.706 bits per heavy atom. The maximum Gasteiger partial charge on any atom is 0.317 e. The summed E-state index contributed by atoms with van der Waals surface area (Å²) >= 11 is 0. The minimum Gasteiger partial charge on any atom is -0.480 e. The first-order chi connectivity index (χ1) is 16.5. The molecule has 0 aromatic rings. The van der Waals surface area contributed by atoms with Gasteiger partial charge in [0.1, 0.15) is 25.2 Å². The van der Waals surface area contributed by atoms with Crippen LogP contribution in [0.15, 0.2) is 0 Å². The number of nitrogens with one attached hydrogen (secondary N) is 10. The summed E-state index contributed by atoms with van der Waals surface area (Å²) in [6.45, 7) is 1.09. The Hall–Kier alpha value is -1.46. The van der Waals surface area contributed by atoms with Gasteiger partial charge in [-0.15, -0.1) is 0 Å². The van der Waals surface area contributed by atoms with E-state index >= 15 is 0 Å². The zero-order valence-corrected chi connectivity index (χ0v) is 19.4.